The topological polar surface area (TPSA) is 12.0 Å². The maximum absolute atomic E-state index is 5.24. The van der Waals surface area contributed by atoms with Crippen LogP contribution in [0.4, 0.5) is 0 Å². The first-order chi connectivity index (χ1) is 3.13. The SMILES string of the molecule is ClP(Cl)NP(Cl)Cl. The van der Waals surface area contributed by atoms with Gasteiger partial charge in [0.25, 0.3) is 0 Å². The molecule has 7 heteroatoms. The van der Waals surface area contributed by atoms with Gasteiger partial charge in [0.2, 0.25) is 0 Å². The quantitative estimate of drug-likeness (QED) is 0.692. The third-order valence-electron chi connectivity index (χ3n) is 0.151. The van der Waals surface area contributed by atoms with E-state index in [1.54, 1.807) is 0 Å². The van der Waals surface area contributed by atoms with Gasteiger partial charge in [-0.15, -0.1) is 0 Å². The summed E-state index contributed by atoms with van der Waals surface area (Å²) in [5.41, 5.74) is 0. The standard InChI is InChI=1S/Cl4HNP2/c1-6(2)5-7(3)4/h5H. The summed E-state index contributed by atoms with van der Waals surface area (Å²) in [6.45, 7) is -2.36. The van der Waals surface area contributed by atoms with Crippen LogP contribution in [0.5, 0.6) is 0 Å². The Morgan fingerprint density at radius 2 is 1.14 bits per heavy atom. The summed E-state index contributed by atoms with van der Waals surface area (Å²) in [6, 6.07) is 0. The number of nitrogens with one attached hydrogen (secondary N) is 1. The first-order valence-electron chi connectivity index (χ1n) is 1.12. The molecule has 0 spiro atoms. The van der Waals surface area contributed by atoms with Crippen molar-refractivity contribution < 1.29 is 0 Å². The van der Waals surface area contributed by atoms with E-state index in [2.05, 4.69) is 4.86 Å². The molecule has 0 saturated carbocycles. The molecule has 0 atom stereocenters. The van der Waals surface area contributed by atoms with Gasteiger partial charge in [0.05, 0.1) is 0 Å². The molecule has 1 nitrogen and oxygen atoms in total. The van der Waals surface area contributed by atoms with Crippen LogP contribution in [0.2, 0.25) is 0 Å². The van der Waals surface area contributed by atoms with Gasteiger partial charge < -0.3 is 0 Å². The maximum atomic E-state index is 5.24. The fraction of sp³-hybridized carbons (Fsp3) is 0. The molecule has 0 aliphatic carbocycles. The molecule has 0 aromatic carbocycles. The van der Waals surface area contributed by atoms with Crippen molar-refractivity contribution in [2.75, 3.05) is 0 Å². The minimum absolute atomic E-state index is 1.18. The van der Waals surface area contributed by atoms with E-state index in [1.165, 1.54) is 0 Å². The van der Waals surface area contributed by atoms with Gasteiger partial charge in [-0.2, -0.15) is 0 Å². The van der Waals surface area contributed by atoms with Crippen molar-refractivity contribution in [2.45, 2.75) is 0 Å². The molecule has 0 bridgehead atoms. The van der Waals surface area contributed by atoms with Crippen LogP contribution in [0.1, 0.15) is 0 Å². The summed E-state index contributed by atoms with van der Waals surface area (Å²) < 4.78 is 0. The fourth-order valence-corrected chi connectivity index (χ4v) is 4.63. The Labute approximate surface area is 63.4 Å². The molecule has 1 N–H and O–H groups in total. The molecule has 0 rings (SSSR count). The van der Waals surface area contributed by atoms with Crippen LogP contribution in [0, 0.1) is 0 Å². The third kappa shape index (κ3) is 7.98. The van der Waals surface area contributed by atoms with E-state index in [9.17, 15) is 0 Å². The molecule has 44 valence electrons. The van der Waals surface area contributed by atoms with Crippen LogP contribution in [-0.2, 0) is 0 Å². The Morgan fingerprint density at radius 1 is 0.857 bits per heavy atom. The molecule has 0 aliphatic rings. The van der Waals surface area contributed by atoms with Crippen molar-refractivity contribution in [2.24, 2.45) is 0 Å². The number of rotatable bonds is 2. The van der Waals surface area contributed by atoms with Crippen molar-refractivity contribution in [1.29, 1.82) is 0 Å². The number of hydrogen-bond acceptors (Lipinski definition) is 1. The van der Waals surface area contributed by atoms with Gasteiger partial charge in [-0.05, 0) is 0 Å². The monoisotopic (exact) mass is 217 g/mol. The molecule has 7 heavy (non-hydrogen) atoms. The summed E-state index contributed by atoms with van der Waals surface area (Å²) in [7, 11) is 0. The predicted octanol–water partition coefficient (Wildman–Crippen LogP) is 3.98. The summed E-state index contributed by atoms with van der Waals surface area (Å²) in [4.78, 5) is 2.50. The molecule has 0 amide bonds. The normalized spacial score (nSPS) is 11.1. The van der Waals surface area contributed by atoms with E-state index < -0.39 is 13.6 Å². The van der Waals surface area contributed by atoms with Gasteiger partial charge in [-0.1, -0.05) is 45.0 Å². The van der Waals surface area contributed by atoms with Crippen LogP contribution in [-0.4, -0.2) is 0 Å². The first kappa shape index (κ1) is 8.98. The highest BCUT2D eigenvalue weighted by Gasteiger charge is 2.02. The summed E-state index contributed by atoms with van der Waals surface area (Å²) in [5.74, 6) is 0. The molecular formula is HCl4NP2. The zero-order valence-corrected chi connectivity index (χ0v) is 7.72. The van der Waals surface area contributed by atoms with Crippen molar-refractivity contribution >= 4 is 58.5 Å². The Bertz CT molecular complexity index is 39.0. The molecular weight excluding hydrogens is 218 g/mol. The van der Waals surface area contributed by atoms with Crippen LogP contribution in [0.15, 0.2) is 0 Å². The van der Waals surface area contributed by atoms with E-state index in [1.807, 2.05) is 0 Å². The molecule has 0 aliphatic heterocycles. The number of halogens is 4. The van der Waals surface area contributed by atoms with E-state index in [0.717, 1.165) is 0 Å². The lowest BCUT2D eigenvalue weighted by atomic mass is 13.9. The van der Waals surface area contributed by atoms with E-state index in [4.69, 9.17) is 45.0 Å². The molecule has 0 saturated heterocycles. The summed E-state index contributed by atoms with van der Waals surface area (Å²) >= 11 is 21.0. The van der Waals surface area contributed by atoms with Gasteiger partial charge in [-0.3, -0.25) is 0 Å². The molecule has 0 heterocycles. The Hall–Kier alpha value is 1.98. The van der Waals surface area contributed by atoms with Crippen LogP contribution >= 0.6 is 58.5 Å². The second-order valence-electron chi connectivity index (χ2n) is 0.566. The van der Waals surface area contributed by atoms with Crippen LogP contribution in [0.3, 0.4) is 0 Å². The zero-order valence-electron chi connectivity index (χ0n) is 2.91. The zero-order chi connectivity index (χ0) is 5.86. The molecule has 0 aromatic rings. The lowest BCUT2D eigenvalue weighted by Gasteiger charge is -2.00. The summed E-state index contributed by atoms with van der Waals surface area (Å²) in [5, 5.41) is 0. The minimum atomic E-state index is -1.18. The fourth-order valence-electron chi connectivity index (χ4n) is 0.0571. The molecule has 0 unspecified atom stereocenters. The number of hydrogen-bond donors (Lipinski definition) is 1. The Kier molecular flexibility index (Phi) is 6.18. The molecule has 0 radical (unpaired) electrons. The van der Waals surface area contributed by atoms with Crippen molar-refractivity contribution in [3.05, 3.63) is 0 Å². The highest BCUT2D eigenvalue weighted by atomic mass is 35.9. The lowest BCUT2D eigenvalue weighted by Crippen LogP contribution is -1.79. The van der Waals surface area contributed by atoms with E-state index >= 15 is 0 Å². The highest BCUT2D eigenvalue weighted by molar-refractivity contribution is 8.14. The largest absolute Gasteiger partial charge is 0.223 e. The van der Waals surface area contributed by atoms with Crippen LogP contribution < -0.4 is 4.86 Å². The van der Waals surface area contributed by atoms with Crippen LogP contribution in [0.25, 0.3) is 0 Å². The first-order valence-corrected chi connectivity index (χ1v) is 7.43. The van der Waals surface area contributed by atoms with Crippen molar-refractivity contribution in [3.63, 3.8) is 0 Å². The van der Waals surface area contributed by atoms with Gasteiger partial charge in [0.1, 0.15) is 0 Å². The second-order valence-corrected chi connectivity index (χ2v) is 7.39. The maximum Gasteiger partial charge on any atom is 0.162 e. The average molecular weight is 219 g/mol. The minimum Gasteiger partial charge on any atom is -0.223 e. The third-order valence-corrected chi connectivity index (χ3v) is 4.08. The Balaban J connectivity index is 2.95. The molecule has 0 fully saturated rings. The lowest BCUT2D eigenvalue weighted by molar-refractivity contribution is 1.75. The smallest absolute Gasteiger partial charge is 0.162 e. The van der Waals surface area contributed by atoms with Gasteiger partial charge in [-0.25, -0.2) is 4.86 Å². The van der Waals surface area contributed by atoms with Gasteiger partial charge >= 0.3 is 0 Å². The molecule has 0 aromatic heterocycles. The van der Waals surface area contributed by atoms with E-state index in [-0.39, 0.29) is 0 Å². The van der Waals surface area contributed by atoms with Gasteiger partial charge in [0.15, 0.2) is 13.6 Å². The second kappa shape index (κ2) is 4.82. The van der Waals surface area contributed by atoms with E-state index in [0.29, 0.717) is 0 Å². The highest BCUT2D eigenvalue weighted by Crippen LogP contribution is 2.55. The Morgan fingerprint density at radius 3 is 1.14 bits per heavy atom. The van der Waals surface area contributed by atoms with Crippen molar-refractivity contribution in [3.8, 4) is 0 Å². The average Bonchev–Trinajstić information content (AvgIpc) is 1.27. The predicted molar refractivity (Wildman–Crippen MR) is 40.4 cm³/mol. The van der Waals surface area contributed by atoms with Gasteiger partial charge in [0, 0.05) is 0 Å². The summed E-state index contributed by atoms with van der Waals surface area (Å²) in [6.07, 6.45) is 0. The van der Waals surface area contributed by atoms with Crippen molar-refractivity contribution in [1.82, 2.24) is 4.86 Å².